The highest BCUT2D eigenvalue weighted by Gasteiger charge is 2.35. The number of nitrogens with zero attached hydrogens (tertiary/aromatic N) is 5. The summed E-state index contributed by atoms with van der Waals surface area (Å²) in [6.07, 6.45) is 7.84. The van der Waals surface area contributed by atoms with Crippen molar-refractivity contribution >= 4 is 27.5 Å². The lowest BCUT2D eigenvalue weighted by Crippen LogP contribution is -2.37. The van der Waals surface area contributed by atoms with Gasteiger partial charge < -0.3 is 14.5 Å². The predicted molar refractivity (Wildman–Crippen MR) is 149 cm³/mol. The summed E-state index contributed by atoms with van der Waals surface area (Å²) in [6, 6.07) is 12.7. The van der Waals surface area contributed by atoms with Crippen molar-refractivity contribution < 1.29 is 9.13 Å². The quantitative estimate of drug-likeness (QED) is 0.328. The molecule has 0 amide bonds. The summed E-state index contributed by atoms with van der Waals surface area (Å²) in [5.74, 6) is 1.69. The van der Waals surface area contributed by atoms with E-state index in [1.54, 1.807) is 6.20 Å². The number of likely N-dealkylation sites (tertiary alicyclic amines) is 1. The number of ether oxygens (including phenoxy) is 1. The van der Waals surface area contributed by atoms with Gasteiger partial charge in [0, 0.05) is 30.9 Å². The highest BCUT2D eigenvalue weighted by Crippen LogP contribution is 2.41. The molecule has 4 aromatic rings. The third-order valence-electron chi connectivity index (χ3n) is 8.99. The molecule has 3 fully saturated rings. The molecule has 1 aliphatic carbocycles. The normalized spacial score (nSPS) is 23.6. The summed E-state index contributed by atoms with van der Waals surface area (Å²) >= 11 is 0. The Morgan fingerprint density at radius 1 is 1.03 bits per heavy atom. The number of aryl methyl sites for hydroxylation is 1. The minimum atomic E-state index is -0.412. The second kappa shape index (κ2) is 9.45. The minimum absolute atomic E-state index is 0.260. The molecule has 2 aliphatic heterocycles. The average Bonchev–Trinajstić information content (AvgIpc) is 3.50. The van der Waals surface area contributed by atoms with Crippen molar-refractivity contribution in [2.24, 2.45) is 11.8 Å². The lowest BCUT2D eigenvalue weighted by Gasteiger charge is -2.33. The molecule has 7 rings (SSSR count). The highest BCUT2D eigenvalue weighted by atomic mass is 19.1. The molecule has 2 unspecified atom stereocenters. The summed E-state index contributed by atoms with van der Waals surface area (Å²) in [4.78, 5) is 18.9. The first-order chi connectivity index (χ1) is 18.5. The molecule has 3 aliphatic rings. The summed E-state index contributed by atoms with van der Waals surface area (Å²) in [6.45, 7) is 5.53. The molecule has 3 atom stereocenters. The van der Waals surface area contributed by atoms with Gasteiger partial charge >= 0.3 is 6.01 Å². The first kappa shape index (κ1) is 23.8. The molecular weight excluding hydrogens is 477 g/mol. The Bertz CT molecular complexity index is 1510. The van der Waals surface area contributed by atoms with Gasteiger partial charge in [0.1, 0.15) is 23.6 Å². The molecule has 4 heterocycles. The van der Waals surface area contributed by atoms with Gasteiger partial charge in [0.25, 0.3) is 0 Å². The van der Waals surface area contributed by atoms with Crippen molar-refractivity contribution in [3.63, 3.8) is 0 Å². The van der Waals surface area contributed by atoms with Crippen LogP contribution in [0.15, 0.2) is 42.6 Å². The number of hydrogen-bond donors (Lipinski definition) is 0. The van der Waals surface area contributed by atoms with E-state index >= 15 is 4.39 Å². The summed E-state index contributed by atoms with van der Waals surface area (Å²) in [5.41, 5.74) is 2.49. The Morgan fingerprint density at radius 3 is 2.58 bits per heavy atom. The molecule has 196 valence electrons. The van der Waals surface area contributed by atoms with E-state index in [0.717, 1.165) is 53.8 Å². The first-order valence-corrected chi connectivity index (χ1v) is 14.0. The number of fused-ring (bicyclic) bond motifs is 4. The van der Waals surface area contributed by atoms with Crippen LogP contribution in [0.3, 0.4) is 0 Å². The van der Waals surface area contributed by atoms with Gasteiger partial charge in [-0.05, 0) is 80.8 Å². The summed E-state index contributed by atoms with van der Waals surface area (Å²) < 4.78 is 22.7. The largest absolute Gasteiger partial charge is 0.462 e. The molecular formula is C31H34FN5O. The minimum Gasteiger partial charge on any atom is -0.462 e. The Labute approximate surface area is 222 Å². The molecule has 7 heteroatoms. The average molecular weight is 512 g/mol. The number of hydrogen-bond acceptors (Lipinski definition) is 6. The summed E-state index contributed by atoms with van der Waals surface area (Å²) in [7, 11) is 2.13. The second-order valence-corrected chi connectivity index (χ2v) is 11.5. The van der Waals surface area contributed by atoms with Crippen LogP contribution in [0.1, 0.15) is 37.7 Å². The summed E-state index contributed by atoms with van der Waals surface area (Å²) in [5, 5.41) is 2.75. The van der Waals surface area contributed by atoms with Crippen LogP contribution in [0.5, 0.6) is 6.01 Å². The molecule has 6 nitrogen and oxygen atoms in total. The highest BCUT2D eigenvalue weighted by molar-refractivity contribution is 6.00. The zero-order valence-electron chi connectivity index (χ0n) is 22.2. The van der Waals surface area contributed by atoms with Crippen molar-refractivity contribution in [1.29, 1.82) is 0 Å². The first-order valence-electron chi connectivity index (χ1n) is 14.0. The van der Waals surface area contributed by atoms with Crippen molar-refractivity contribution in [2.75, 3.05) is 38.2 Å². The van der Waals surface area contributed by atoms with E-state index in [4.69, 9.17) is 14.7 Å². The van der Waals surface area contributed by atoms with Crippen molar-refractivity contribution in [3.8, 4) is 17.3 Å². The van der Waals surface area contributed by atoms with E-state index in [2.05, 4.69) is 47.0 Å². The standard InChI is InChI=1S/C31H34FN5O/c1-19-6-3-7-22-8-4-10-24(26(19)22)28-27(32)29-25(15-33-28)30(37-16-20-11-12-21(14-20)17-37)35-31(34-29)38-18-23-9-5-13-36(23)2/h3-4,6-8,10,15,20-21,23H,5,9,11-14,16-18H2,1-2H3/t20?,21?,23-/m0/s1. The number of halogens is 1. The molecule has 0 N–H and O–H groups in total. The number of aromatic nitrogens is 3. The van der Waals surface area contributed by atoms with Gasteiger partial charge in [-0.3, -0.25) is 4.98 Å². The van der Waals surface area contributed by atoms with Crippen LogP contribution in [0.25, 0.3) is 32.9 Å². The third-order valence-corrected chi connectivity index (χ3v) is 8.99. The van der Waals surface area contributed by atoms with Crippen molar-refractivity contribution in [2.45, 2.75) is 45.1 Å². The number of anilines is 1. The maximum atomic E-state index is 16.5. The fraction of sp³-hybridized carbons (Fsp3) is 0.452. The fourth-order valence-corrected chi connectivity index (χ4v) is 6.98. The molecule has 0 spiro atoms. The Hall–Kier alpha value is -3.32. The lowest BCUT2D eigenvalue weighted by atomic mass is 9.97. The fourth-order valence-electron chi connectivity index (χ4n) is 6.98. The van der Waals surface area contributed by atoms with Gasteiger partial charge in [-0.2, -0.15) is 9.97 Å². The third kappa shape index (κ3) is 4.08. The molecule has 2 saturated heterocycles. The lowest BCUT2D eigenvalue weighted by molar-refractivity contribution is 0.188. The number of rotatable bonds is 5. The van der Waals surface area contributed by atoms with E-state index in [1.807, 2.05) is 18.2 Å². The maximum absolute atomic E-state index is 16.5. The van der Waals surface area contributed by atoms with Gasteiger partial charge in [0.15, 0.2) is 5.82 Å². The van der Waals surface area contributed by atoms with Gasteiger partial charge in [0.05, 0.1) is 5.39 Å². The molecule has 2 aromatic carbocycles. The van der Waals surface area contributed by atoms with E-state index in [0.29, 0.717) is 41.1 Å². The van der Waals surface area contributed by atoms with Crippen LogP contribution < -0.4 is 9.64 Å². The number of piperidine rings is 1. The number of pyridine rings is 1. The topological polar surface area (TPSA) is 54.4 Å². The van der Waals surface area contributed by atoms with E-state index in [9.17, 15) is 0 Å². The van der Waals surface area contributed by atoms with E-state index in [-0.39, 0.29) is 6.01 Å². The Morgan fingerprint density at radius 2 is 1.82 bits per heavy atom. The zero-order chi connectivity index (χ0) is 25.8. The molecule has 38 heavy (non-hydrogen) atoms. The van der Waals surface area contributed by atoms with Crippen molar-refractivity contribution in [1.82, 2.24) is 19.9 Å². The van der Waals surface area contributed by atoms with Crippen LogP contribution in [0.2, 0.25) is 0 Å². The van der Waals surface area contributed by atoms with Gasteiger partial charge in [-0.25, -0.2) is 4.39 Å². The van der Waals surface area contributed by atoms with E-state index in [1.165, 1.54) is 25.7 Å². The van der Waals surface area contributed by atoms with Gasteiger partial charge in [-0.1, -0.05) is 36.4 Å². The van der Waals surface area contributed by atoms with Gasteiger partial charge in [0.2, 0.25) is 0 Å². The zero-order valence-corrected chi connectivity index (χ0v) is 22.2. The molecule has 2 aromatic heterocycles. The SMILES string of the molecule is Cc1cccc2cccc(-c3ncc4c(N5CC6CCC(C6)C5)nc(OC[C@@H]5CCCN5C)nc4c3F)c12. The Balaban J connectivity index is 1.36. The van der Waals surface area contributed by atoms with Crippen LogP contribution >= 0.6 is 0 Å². The smallest absolute Gasteiger partial charge is 0.319 e. The van der Waals surface area contributed by atoms with Crippen LogP contribution in [0, 0.1) is 24.6 Å². The van der Waals surface area contributed by atoms with Crippen LogP contribution in [-0.4, -0.2) is 59.2 Å². The maximum Gasteiger partial charge on any atom is 0.319 e. The van der Waals surface area contributed by atoms with Crippen LogP contribution in [0.4, 0.5) is 10.2 Å². The number of likely N-dealkylation sites (N-methyl/N-ethyl adjacent to an activating group) is 1. The molecule has 2 bridgehead atoms. The molecule has 1 saturated carbocycles. The second-order valence-electron chi connectivity index (χ2n) is 11.5. The number of benzene rings is 2. The van der Waals surface area contributed by atoms with Crippen LogP contribution in [-0.2, 0) is 0 Å². The van der Waals surface area contributed by atoms with E-state index < -0.39 is 5.82 Å². The predicted octanol–water partition coefficient (Wildman–Crippen LogP) is 6.00. The van der Waals surface area contributed by atoms with Gasteiger partial charge in [-0.15, -0.1) is 0 Å². The Kier molecular flexibility index (Phi) is 5.91. The molecule has 0 radical (unpaired) electrons. The van der Waals surface area contributed by atoms with Crippen molar-refractivity contribution in [3.05, 3.63) is 54.0 Å². The monoisotopic (exact) mass is 511 g/mol.